The number of nitrogens with two attached hydrogens (primary N) is 1. The Hall–Kier alpha value is -2.45. The first-order chi connectivity index (χ1) is 7.47. The molecule has 9 nitrogen and oxygen atoms in total. The Kier molecular flexibility index (Phi) is 3.18. The van der Waals surface area contributed by atoms with Crippen LogP contribution in [0.4, 0.5) is 17.5 Å². The van der Waals surface area contributed by atoms with Crippen LogP contribution in [0.1, 0.15) is 0 Å². The first kappa shape index (κ1) is 11.6. The Bertz CT molecular complexity index is 494. The predicted octanol–water partition coefficient (Wildman–Crippen LogP) is -0.743. The van der Waals surface area contributed by atoms with Gasteiger partial charge in [-0.2, -0.15) is 4.98 Å². The molecular formula is C7H9N5O4. The fourth-order valence-corrected chi connectivity index (χ4v) is 1.01. The number of rotatable bonds is 4. The van der Waals surface area contributed by atoms with Gasteiger partial charge in [-0.25, -0.2) is 0 Å². The number of nitrogens with zero attached hydrogens (tertiary/aromatic N) is 3. The Balaban J connectivity index is 3.18. The van der Waals surface area contributed by atoms with Crippen LogP contribution in [-0.2, 0) is 11.8 Å². The zero-order valence-corrected chi connectivity index (χ0v) is 8.30. The molecule has 4 N–H and O–H groups in total. The summed E-state index contributed by atoms with van der Waals surface area (Å²) in [5, 5.41) is 13.3. The summed E-state index contributed by atoms with van der Waals surface area (Å²) in [6.45, 7) is -0.423. The molecule has 0 bridgehead atoms. The minimum absolute atomic E-state index is 0.0442. The number of carboxylic acid groups (broad SMARTS) is 1. The first-order valence-corrected chi connectivity index (χ1v) is 4.13. The molecule has 86 valence electrons. The number of carboxylic acids is 1. The van der Waals surface area contributed by atoms with E-state index in [1.54, 1.807) is 0 Å². The van der Waals surface area contributed by atoms with Crippen molar-refractivity contribution >= 4 is 23.4 Å². The van der Waals surface area contributed by atoms with Crippen LogP contribution in [-0.4, -0.2) is 27.2 Å². The van der Waals surface area contributed by atoms with Crippen LogP contribution in [0.2, 0.25) is 0 Å². The maximum Gasteiger partial charge on any atom is 0.322 e. The third-order valence-electron chi connectivity index (χ3n) is 1.78. The highest BCUT2D eigenvalue weighted by atomic mass is 16.4. The highest BCUT2D eigenvalue weighted by molar-refractivity contribution is 5.72. The van der Waals surface area contributed by atoms with Gasteiger partial charge < -0.3 is 16.2 Å². The van der Waals surface area contributed by atoms with Gasteiger partial charge >= 0.3 is 5.97 Å². The number of carbonyl (C=O) groups is 1. The molecule has 0 saturated heterocycles. The second-order valence-electron chi connectivity index (χ2n) is 2.87. The number of nitrogens with one attached hydrogen (secondary N) is 1. The SMILES string of the molecule is Cn1c(NCC(=O)O)nc(N)c(N=O)c1=O. The van der Waals surface area contributed by atoms with Gasteiger partial charge in [-0.15, -0.1) is 4.91 Å². The molecule has 0 aliphatic carbocycles. The van der Waals surface area contributed by atoms with E-state index in [1.165, 1.54) is 7.05 Å². The molecule has 0 aliphatic heterocycles. The molecule has 0 fully saturated rings. The van der Waals surface area contributed by atoms with Gasteiger partial charge in [0.1, 0.15) is 6.54 Å². The van der Waals surface area contributed by atoms with Gasteiger partial charge in [0.25, 0.3) is 5.56 Å². The van der Waals surface area contributed by atoms with Gasteiger partial charge in [-0.1, -0.05) is 0 Å². The monoisotopic (exact) mass is 227 g/mol. The average Bonchev–Trinajstić information content (AvgIpc) is 2.22. The summed E-state index contributed by atoms with van der Waals surface area (Å²) >= 11 is 0. The third kappa shape index (κ3) is 2.13. The van der Waals surface area contributed by atoms with Crippen molar-refractivity contribution in [3.05, 3.63) is 15.3 Å². The van der Waals surface area contributed by atoms with Gasteiger partial charge in [-0.05, 0) is 5.18 Å². The normalized spacial score (nSPS) is 9.81. The highest BCUT2D eigenvalue weighted by Crippen LogP contribution is 2.15. The number of anilines is 2. The molecule has 1 aromatic heterocycles. The smallest absolute Gasteiger partial charge is 0.322 e. The van der Waals surface area contributed by atoms with Crippen LogP contribution in [0.5, 0.6) is 0 Å². The molecular weight excluding hydrogens is 218 g/mol. The Labute approximate surface area is 88.9 Å². The first-order valence-electron chi connectivity index (χ1n) is 4.13. The van der Waals surface area contributed by atoms with Gasteiger partial charge in [0.05, 0.1) is 0 Å². The quantitative estimate of drug-likeness (QED) is 0.575. The number of aromatic nitrogens is 2. The molecule has 1 aromatic rings. The largest absolute Gasteiger partial charge is 0.480 e. The molecule has 0 radical (unpaired) electrons. The van der Waals surface area contributed by atoms with Crippen LogP contribution in [0.25, 0.3) is 0 Å². The fraction of sp³-hybridized carbons (Fsp3) is 0.286. The van der Waals surface area contributed by atoms with Crippen LogP contribution in [0.15, 0.2) is 9.97 Å². The van der Waals surface area contributed by atoms with E-state index in [-0.39, 0.29) is 11.8 Å². The zero-order valence-electron chi connectivity index (χ0n) is 8.30. The molecule has 16 heavy (non-hydrogen) atoms. The summed E-state index contributed by atoms with van der Waals surface area (Å²) in [6, 6.07) is 0. The number of hydrogen-bond acceptors (Lipinski definition) is 7. The highest BCUT2D eigenvalue weighted by Gasteiger charge is 2.13. The molecule has 0 atom stereocenters. The summed E-state index contributed by atoms with van der Waals surface area (Å²) in [5.41, 5.74) is 4.07. The van der Waals surface area contributed by atoms with E-state index in [2.05, 4.69) is 15.5 Å². The summed E-state index contributed by atoms with van der Waals surface area (Å²) in [4.78, 5) is 35.7. The Morgan fingerprint density at radius 3 is 2.81 bits per heavy atom. The molecule has 9 heteroatoms. The number of nitrogen functional groups attached to an aromatic ring is 1. The third-order valence-corrected chi connectivity index (χ3v) is 1.78. The lowest BCUT2D eigenvalue weighted by atomic mass is 10.4. The molecule has 0 amide bonds. The lowest BCUT2D eigenvalue weighted by Gasteiger charge is -2.09. The van der Waals surface area contributed by atoms with Crippen molar-refractivity contribution in [1.29, 1.82) is 0 Å². The summed E-state index contributed by atoms with van der Waals surface area (Å²) in [7, 11) is 1.31. The molecule has 0 spiro atoms. The molecule has 0 unspecified atom stereocenters. The van der Waals surface area contributed by atoms with Gasteiger partial charge in [-0.3, -0.25) is 14.2 Å². The van der Waals surface area contributed by atoms with Crippen molar-refractivity contribution in [1.82, 2.24) is 9.55 Å². The molecule has 0 aliphatic rings. The summed E-state index contributed by atoms with van der Waals surface area (Å²) in [5.74, 6) is -1.51. The lowest BCUT2D eigenvalue weighted by Crippen LogP contribution is -2.25. The second-order valence-corrected chi connectivity index (χ2v) is 2.87. The van der Waals surface area contributed by atoms with Crippen molar-refractivity contribution in [3.8, 4) is 0 Å². The van der Waals surface area contributed by atoms with E-state index in [9.17, 15) is 14.5 Å². The van der Waals surface area contributed by atoms with Crippen molar-refractivity contribution in [2.45, 2.75) is 0 Å². The topological polar surface area (TPSA) is 140 Å². The van der Waals surface area contributed by atoms with Gasteiger partial charge in [0, 0.05) is 7.05 Å². The van der Waals surface area contributed by atoms with Crippen molar-refractivity contribution < 1.29 is 9.90 Å². The zero-order chi connectivity index (χ0) is 12.3. The minimum Gasteiger partial charge on any atom is -0.480 e. The van der Waals surface area contributed by atoms with E-state index >= 15 is 0 Å². The maximum absolute atomic E-state index is 11.4. The lowest BCUT2D eigenvalue weighted by molar-refractivity contribution is -0.134. The maximum atomic E-state index is 11.4. The fourth-order valence-electron chi connectivity index (χ4n) is 1.01. The van der Waals surface area contributed by atoms with Crippen molar-refractivity contribution in [2.24, 2.45) is 12.2 Å². The summed E-state index contributed by atoms with van der Waals surface area (Å²) < 4.78 is 0.954. The predicted molar refractivity (Wildman–Crippen MR) is 55.5 cm³/mol. The minimum atomic E-state index is -1.12. The van der Waals surface area contributed by atoms with E-state index in [4.69, 9.17) is 10.8 Å². The second kappa shape index (κ2) is 4.38. The number of hydrogen-bond donors (Lipinski definition) is 3. The van der Waals surface area contributed by atoms with E-state index in [1.807, 2.05) is 0 Å². The van der Waals surface area contributed by atoms with E-state index < -0.39 is 23.8 Å². The molecule has 0 saturated carbocycles. The molecule has 0 aromatic carbocycles. The number of nitroso groups, excluding NO2 is 1. The summed E-state index contributed by atoms with van der Waals surface area (Å²) in [6.07, 6.45) is 0. The Morgan fingerprint density at radius 2 is 2.31 bits per heavy atom. The average molecular weight is 227 g/mol. The van der Waals surface area contributed by atoms with E-state index in [0.29, 0.717) is 0 Å². The van der Waals surface area contributed by atoms with Crippen molar-refractivity contribution in [2.75, 3.05) is 17.6 Å². The van der Waals surface area contributed by atoms with Gasteiger partial charge in [0.15, 0.2) is 5.82 Å². The molecule has 1 rings (SSSR count). The van der Waals surface area contributed by atoms with Crippen molar-refractivity contribution in [3.63, 3.8) is 0 Å². The Morgan fingerprint density at radius 1 is 1.69 bits per heavy atom. The standard InChI is InChI=1S/C7H9N5O4/c1-12-6(15)4(11-16)5(8)10-7(12)9-2-3(13)14/h2,8H2,1H3,(H,9,10)(H,13,14). The van der Waals surface area contributed by atoms with Crippen LogP contribution < -0.4 is 16.6 Å². The number of aliphatic carboxylic acids is 1. The van der Waals surface area contributed by atoms with Gasteiger partial charge in [0.2, 0.25) is 11.6 Å². The van der Waals surface area contributed by atoms with Crippen LogP contribution >= 0.6 is 0 Å². The van der Waals surface area contributed by atoms with E-state index in [0.717, 1.165) is 4.57 Å². The molecule has 1 heterocycles. The van der Waals surface area contributed by atoms with Crippen LogP contribution in [0, 0.1) is 4.91 Å². The van der Waals surface area contributed by atoms with Crippen LogP contribution in [0.3, 0.4) is 0 Å².